The highest BCUT2D eigenvalue weighted by molar-refractivity contribution is 7.99. The van der Waals surface area contributed by atoms with E-state index in [4.69, 9.17) is 16.0 Å². The molecule has 0 N–H and O–H groups in total. The lowest BCUT2D eigenvalue weighted by molar-refractivity contribution is 0.467. The van der Waals surface area contributed by atoms with Crippen molar-refractivity contribution in [3.8, 4) is 10.8 Å². The van der Waals surface area contributed by atoms with E-state index in [0.717, 1.165) is 10.4 Å². The van der Waals surface area contributed by atoms with E-state index in [2.05, 4.69) is 16.8 Å². The quantitative estimate of drug-likeness (QED) is 0.790. The lowest BCUT2D eigenvalue weighted by Crippen LogP contribution is -1.76. The summed E-state index contributed by atoms with van der Waals surface area (Å²) in [5, 5.41) is 11.0. The summed E-state index contributed by atoms with van der Waals surface area (Å²) in [6, 6.07) is 2.03. The number of rotatable bonds is 4. The molecule has 0 saturated carbocycles. The molecule has 0 saturated heterocycles. The van der Waals surface area contributed by atoms with E-state index in [1.807, 2.05) is 18.4 Å². The van der Waals surface area contributed by atoms with Gasteiger partial charge in [-0.25, -0.2) is 0 Å². The van der Waals surface area contributed by atoms with Gasteiger partial charge in [-0.1, -0.05) is 29.9 Å². The monoisotopic (exact) mass is 272 g/mol. The Morgan fingerprint density at radius 2 is 2.44 bits per heavy atom. The molecule has 2 rings (SSSR count). The second kappa shape index (κ2) is 5.03. The molecule has 0 amide bonds. The average molecular weight is 273 g/mol. The highest BCUT2D eigenvalue weighted by atomic mass is 35.5. The summed E-state index contributed by atoms with van der Waals surface area (Å²) in [6.45, 7) is 5.62. The molecule has 6 heteroatoms. The van der Waals surface area contributed by atoms with E-state index in [9.17, 15) is 0 Å². The highest BCUT2D eigenvalue weighted by Crippen LogP contribution is 2.30. The number of thioether (sulfide) groups is 1. The Hall–Kier alpha value is -0.780. The standard InChI is InChI=1S/C10H9ClN2OS2/c1-6-3-4-15-8(6)9-12-13-10(14-9)16-5-7(2)11/h3-4H,2,5H2,1H3. The minimum atomic E-state index is 0.518. The first-order chi connectivity index (χ1) is 7.66. The van der Waals surface area contributed by atoms with Crippen molar-refractivity contribution in [3.63, 3.8) is 0 Å². The van der Waals surface area contributed by atoms with Crippen LogP contribution < -0.4 is 0 Å². The molecule has 2 aromatic heterocycles. The van der Waals surface area contributed by atoms with Crippen LogP contribution in [0.4, 0.5) is 0 Å². The summed E-state index contributed by atoms with van der Waals surface area (Å²) in [7, 11) is 0. The van der Waals surface area contributed by atoms with Crippen molar-refractivity contribution >= 4 is 34.7 Å². The van der Waals surface area contributed by atoms with Crippen LogP contribution in [-0.4, -0.2) is 16.0 Å². The zero-order valence-electron chi connectivity index (χ0n) is 8.57. The Kier molecular flexibility index (Phi) is 3.68. The van der Waals surface area contributed by atoms with E-state index in [-0.39, 0.29) is 0 Å². The number of aromatic nitrogens is 2. The van der Waals surface area contributed by atoms with Crippen molar-refractivity contribution in [1.29, 1.82) is 0 Å². The molecule has 0 aliphatic rings. The van der Waals surface area contributed by atoms with Crippen LogP contribution in [-0.2, 0) is 0 Å². The molecular formula is C10H9ClN2OS2. The van der Waals surface area contributed by atoms with Gasteiger partial charge in [0.2, 0.25) is 0 Å². The van der Waals surface area contributed by atoms with Gasteiger partial charge in [0.05, 0.1) is 4.88 Å². The van der Waals surface area contributed by atoms with Gasteiger partial charge >= 0.3 is 0 Å². The zero-order valence-corrected chi connectivity index (χ0v) is 11.0. The van der Waals surface area contributed by atoms with Crippen molar-refractivity contribution in [2.24, 2.45) is 0 Å². The number of hydrogen-bond donors (Lipinski definition) is 0. The van der Waals surface area contributed by atoms with Crippen LogP contribution in [0.25, 0.3) is 10.8 Å². The fraction of sp³-hybridized carbons (Fsp3) is 0.200. The van der Waals surface area contributed by atoms with Gasteiger partial charge in [-0.2, -0.15) is 0 Å². The summed E-state index contributed by atoms with van der Waals surface area (Å²) < 4.78 is 5.51. The van der Waals surface area contributed by atoms with Gasteiger partial charge < -0.3 is 4.42 Å². The van der Waals surface area contributed by atoms with Crippen molar-refractivity contribution in [3.05, 3.63) is 28.6 Å². The molecule has 0 fully saturated rings. The Balaban J connectivity index is 2.14. The van der Waals surface area contributed by atoms with Crippen LogP contribution in [0.3, 0.4) is 0 Å². The average Bonchev–Trinajstić information content (AvgIpc) is 2.83. The Bertz CT molecular complexity index is 506. The van der Waals surface area contributed by atoms with Crippen LogP contribution in [0.1, 0.15) is 5.56 Å². The molecule has 0 unspecified atom stereocenters. The first kappa shape index (κ1) is 11.7. The molecular weight excluding hydrogens is 264 g/mol. The molecule has 84 valence electrons. The van der Waals surface area contributed by atoms with Gasteiger partial charge in [0.25, 0.3) is 11.1 Å². The van der Waals surface area contributed by atoms with E-state index >= 15 is 0 Å². The highest BCUT2D eigenvalue weighted by Gasteiger charge is 2.12. The fourth-order valence-corrected chi connectivity index (χ4v) is 2.62. The van der Waals surface area contributed by atoms with Crippen molar-refractivity contribution < 1.29 is 4.42 Å². The van der Waals surface area contributed by atoms with Crippen LogP contribution in [0.15, 0.2) is 32.7 Å². The van der Waals surface area contributed by atoms with Crippen LogP contribution in [0, 0.1) is 6.92 Å². The van der Waals surface area contributed by atoms with Crippen LogP contribution in [0.2, 0.25) is 0 Å². The third-order valence-corrected chi connectivity index (χ3v) is 4.02. The first-order valence-corrected chi connectivity index (χ1v) is 6.75. The van der Waals surface area contributed by atoms with Gasteiger partial charge in [0.1, 0.15) is 0 Å². The van der Waals surface area contributed by atoms with Crippen molar-refractivity contribution in [2.45, 2.75) is 12.1 Å². The summed E-state index contributed by atoms with van der Waals surface area (Å²) in [5.74, 6) is 1.14. The van der Waals surface area contributed by atoms with Gasteiger partial charge in [0, 0.05) is 10.8 Å². The van der Waals surface area contributed by atoms with Crippen LogP contribution in [0.5, 0.6) is 0 Å². The summed E-state index contributed by atoms with van der Waals surface area (Å²) in [6.07, 6.45) is 0. The topological polar surface area (TPSA) is 38.9 Å². The maximum atomic E-state index is 5.66. The third kappa shape index (κ3) is 2.66. The minimum absolute atomic E-state index is 0.518. The number of nitrogens with zero attached hydrogens (tertiary/aromatic N) is 2. The molecule has 0 radical (unpaired) electrons. The third-order valence-electron chi connectivity index (χ3n) is 1.82. The van der Waals surface area contributed by atoms with E-state index in [1.165, 1.54) is 11.8 Å². The molecule has 0 spiro atoms. The number of thiophene rings is 1. The Morgan fingerprint density at radius 3 is 3.06 bits per heavy atom. The Morgan fingerprint density at radius 1 is 1.62 bits per heavy atom. The lowest BCUT2D eigenvalue weighted by atomic mass is 10.3. The predicted molar refractivity (Wildman–Crippen MR) is 68.1 cm³/mol. The second-order valence-corrected chi connectivity index (χ2v) is 5.49. The van der Waals surface area contributed by atoms with Gasteiger partial charge in [-0.3, -0.25) is 0 Å². The summed E-state index contributed by atoms with van der Waals surface area (Å²) in [5.41, 5.74) is 1.15. The SMILES string of the molecule is C=C(Cl)CSc1nnc(-c2sccc2C)o1. The lowest BCUT2D eigenvalue weighted by Gasteiger charge is -1.92. The summed E-state index contributed by atoms with van der Waals surface area (Å²) in [4.78, 5) is 1.02. The first-order valence-electron chi connectivity index (χ1n) is 4.51. The molecule has 2 aromatic rings. The van der Waals surface area contributed by atoms with Gasteiger partial charge in [-0.15, -0.1) is 21.5 Å². The van der Waals surface area contributed by atoms with E-state index in [0.29, 0.717) is 21.9 Å². The van der Waals surface area contributed by atoms with Gasteiger partial charge in [-0.05, 0) is 23.9 Å². The number of halogens is 1. The Labute approximate surface area is 107 Å². The largest absolute Gasteiger partial charge is 0.410 e. The van der Waals surface area contributed by atoms with E-state index in [1.54, 1.807) is 11.3 Å². The van der Waals surface area contributed by atoms with Crippen molar-refractivity contribution in [2.75, 3.05) is 5.75 Å². The molecule has 3 nitrogen and oxygen atoms in total. The molecule has 0 bridgehead atoms. The maximum Gasteiger partial charge on any atom is 0.277 e. The van der Waals surface area contributed by atoms with E-state index < -0.39 is 0 Å². The normalized spacial score (nSPS) is 10.6. The number of hydrogen-bond acceptors (Lipinski definition) is 5. The molecule has 0 aliphatic heterocycles. The smallest absolute Gasteiger partial charge is 0.277 e. The second-order valence-electron chi connectivity index (χ2n) is 3.11. The minimum Gasteiger partial charge on any atom is -0.410 e. The summed E-state index contributed by atoms with van der Waals surface area (Å²) >= 11 is 8.63. The van der Waals surface area contributed by atoms with Gasteiger partial charge in [0.15, 0.2) is 0 Å². The molecule has 0 aromatic carbocycles. The number of aryl methyl sites for hydroxylation is 1. The fourth-order valence-electron chi connectivity index (χ4n) is 1.09. The predicted octanol–water partition coefficient (Wildman–Crippen LogP) is 3.95. The van der Waals surface area contributed by atoms with Crippen molar-refractivity contribution in [1.82, 2.24) is 10.2 Å². The maximum absolute atomic E-state index is 5.66. The molecule has 2 heterocycles. The molecule has 16 heavy (non-hydrogen) atoms. The zero-order chi connectivity index (χ0) is 11.5. The molecule has 0 aliphatic carbocycles. The molecule has 0 atom stereocenters. The van der Waals surface area contributed by atoms with Crippen LogP contribution >= 0.6 is 34.7 Å².